The van der Waals surface area contributed by atoms with Crippen molar-refractivity contribution in [2.45, 2.75) is 129 Å². The molecule has 0 radical (unpaired) electrons. The Morgan fingerprint density at radius 3 is 2.13 bits per heavy atom. The van der Waals surface area contributed by atoms with Gasteiger partial charge < -0.3 is 28.3 Å². The molecule has 4 aliphatic rings. The summed E-state index contributed by atoms with van der Waals surface area (Å²) in [5.41, 5.74) is -1.98. The largest absolute Gasteiger partial charge is 0.507 e. The number of amides is 1. The average Bonchev–Trinajstić information content (AvgIpc) is 3.64. The Bertz CT molecular complexity index is 2700. The number of anilines is 1. The van der Waals surface area contributed by atoms with Crippen molar-refractivity contribution in [3.63, 3.8) is 0 Å². The van der Waals surface area contributed by atoms with Crippen LogP contribution in [0.2, 0.25) is 18.1 Å². The van der Waals surface area contributed by atoms with Crippen LogP contribution in [-0.4, -0.2) is 90.0 Å². The van der Waals surface area contributed by atoms with Crippen LogP contribution in [0.25, 0.3) is 5.76 Å². The average molecular weight is 963 g/mol. The van der Waals surface area contributed by atoms with Gasteiger partial charge in [-0.2, -0.15) is 0 Å². The highest BCUT2D eigenvalue weighted by Gasteiger charge is 2.69. The maximum Gasteiger partial charge on any atom is 0.415 e. The van der Waals surface area contributed by atoms with Crippen molar-refractivity contribution >= 4 is 37.4 Å². The molecule has 0 bridgehead atoms. The molecular formula is C54H67FN4O9Si. The molecule has 0 unspecified atom stereocenters. The summed E-state index contributed by atoms with van der Waals surface area (Å²) in [6, 6.07) is 18.1. The van der Waals surface area contributed by atoms with Gasteiger partial charge in [0.1, 0.15) is 36.0 Å². The van der Waals surface area contributed by atoms with Crippen molar-refractivity contribution < 1.29 is 47.0 Å². The Kier molecular flexibility index (Phi) is 13.0. The first-order valence-corrected chi connectivity index (χ1v) is 26.7. The molecule has 3 aromatic carbocycles. The van der Waals surface area contributed by atoms with Crippen molar-refractivity contribution in [3.8, 4) is 11.6 Å². The number of rotatable bonds is 11. The quantitative estimate of drug-likeness (QED) is 0.0868. The molecule has 15 heteroatoms. The lowest BCUT2D eigenvalue weighted by atomic mass is 9.57. The van der Waals surface area contributed by atoms with Gasteiger partial charge in [-0.3, -0.25) is 24.3 Å². The number of carbonyl (C=O) groups is 3. The highest BCUT2D eigenvalue weighted by atomic mass is 28.4. The Morgan fingerprint density at radius 2 is 1.57 bits per heavy atom. The van der Waals surface area contributed by atoms with E-state index >= 15 is 14.0 Å². The van der Waals surface area contributed by atoms with E-state index in [1.54, 1.807) is 26.8 Å². The topological polar surface area (TPSA) is 144 Å². The summed E-state index contributed by atoms with van der Waals surface area (Å²) in [5.74, 6) is -4.01. The summed E-state index contributed by atoms with van der Waals surface area (Å²) in [5, 5.41) is 17.0. The van der Waals surface area contributed by atoms with Crippen molar-refractivity contribution in [1.29, 1.82) is 0 Å². The molecule has 1 amide bonds. The lowest BCUT2D eigenvalue weighted by Gasteiger charge is -2.55. The first kappa shape index (κ1) is 49.8. The number of aliphatic hydroxyl groups excluding tert-OH is 1. The smallest absolute Gasteiger partial charge is 0.415 e. The summed E-state index contributed by atoms with van der Waals surface area (Å²) >= 11 is 0. The van der Waals surface area contributed by atoms with Crippen LogP contribution in [0.3, 0.4) is 0 Å². The second kappa shape index (κ2) is 18.0. The Morgan fingerprint density at radius 1 is 0.957 bits per heavy atom. The summed E-state index contributed by atoms with van der Waals surface area (Å²) in [4.78, 5) is 52.1. The number of halogens is 1. The molecule has 4 atom stereocenters. The summed E-state index contributed by atoms with van der Waals surface area (Å²) in [6.45, 7) is 23.8. The molecule has 1 saturated carbocycles. The van der Waals surface area contributed by atoms with Gasteiger partial charge in [0, 0.05) is 47.8 Å². The molecule has 2 heterocycles. The third kappa shape index (κ3) is 8.73. The third-order valence-corrected chi connectivity index (χ3v) is 19.1. The van der Waals surface area contributed by atoms with E-state index < -0.39 is 77.2 Å². The molecule has 0 saturated heterocycles. The number of ether oxygens (including phenoxy) is 3. The van der Waals surface area contributed by atoms with Crippen molar-refractivity contribution in [2.75, 3.05) is 32.1 Å². The zero-order valence-corrected chi connectivity index (χ0v) is 43.1. The number of aromatic nitrogens is 1. The fourth-order valence-corrected chi connectivity index (χ4v) is 11.7. The number of hydrogen-bond donors (Lipinski definition) is 1. The highest BCUT2D eigenvalue weighted by molar-refractivity contribution is 6.74. The van der Waals surface area contributed by atoms with Gasteiger partial charge in [0.05, 0.1) is 17.3 Å². The van der Waals surface area contributed by atoms with Crippen LogP contribution in [-0.2, 0) is 40.1 Å². The van der Waals surface area contributed by atoms with Gasteiger partial charge in [0.2, 0.25) is 11.6 Å². The van der Waals surface area contributed by atoms with Crippen LogP contribution in [0.5, 0.6) is 11.6 Å². The van der Waals surface area contributed by atoms with Gasteiger partial charge >= 0.3 is 6.09 Å². The van der Waals surface area contributed by atoms with Crippen molar-refractivity contribution in [2.24, 2.45) is 11.8 Å². The minimum atomic E-state index is -3.07. The standard InChI is InChI=1S/C54H67FN4O9Si/c1-14-25-58-28-36-41(55)35-26-34-27-37-43(57(10)11)46-40(49(56-67-46)65-30-33-23-19-16-20-24-33)48(62)54(37,68-69(12,13)52(5,6)7)47(61)38(34)44(60)39(35)45(64-29-32-21-17-15-18-22-32)42(36)59(31-53(58,8)9)50(63)66-51(2,3)4/h14-24,34,37,43,60H,1,25-31H2,2-13H3/t34-,37-,43-,54-/m0/s1. The number of nitrogens with zero attached hydrogens (tertiary/aromatic N) is 4. The van der Waals surface area contributed by atoms with Gasteiger partial charge in [-0.15, -0.1) is 6.58 Å². The van der Waals surface area contributed by atoms with Crippen molar-refractivity contribution in [1.82, 2.24) is 15.0 Å². The molecule has 4 aromatic rings. The maximum absolute atomic E-state index is 18.2. The normalized spacial score (nSPS) is 22.5. The molecular weight excluding hydrogens is 896 g/mol. The molecule has 1 fully saturated rings. The number of benzene rings is 3. The molecule has 1 aromatic heterocycles. The molecule has 0 spiro atoms. The number of fused-ring (bicyclic) bond motifs is 5. The maximum atomic E-state index is 18.2. The van der Waals surface area contributed by atoms with E-state index in [0.29, 0.717) is 6.54 Å². The minimum absolute atomic E-state index is 0.00522. The van der Waals surface area contributed by atoms with E-state index in [4.69, 9.17) is 23.2 Å². The van der Waals surface area contributed by atoms with Gasteiger partial charge in [0.15, 0.2) is 25.4 Å². The predicted molar refractivity (Wildman–Crippen MR) is 264 cm³/mol. The molecule has 1 aliphatic heterocycles. The molecule has 3 aliphatic carbocycles. The number of Topliss-reactive ketones (excluding diaryl/α,β-unsaturated/α-hetero) is 2. The van der Waals surface area contributed by atoms with Crippen LogP contribution in [0.4, 0.5) is 14.9 Å². The van der Waals surface area contributed by atoms with Gasteiger partial charge in [0.25, 0.3) is 5.88 Å². The van der Waals surface area contributed by atoms with Gasteiger partial charge in [-0.1, -0.05) is 87.5 Å². The van der Waals surface area contributed by atoms with E-state index in [9.17, 15) is 9.90 Å². The predicted octanol–water partition coefficient (Wildman–Crippen LogP) is 10.8. The van der Waals surface area contributed by atoms with E-state index in [2.05, 4.69) is 11.7 Å². The Hall–Kier alpha value is -5.61. The lowest BCUT2D eigenvalue weighted by Crippen LogP contribution is -2.68. The van der Waals surface area contributed by atoms with Crippen molar-refractivity contribution in [3.05, 3.63) is 124 Å². The second-order valence-corrected chi connectivity index (χ2v) is 27.0. The molecule has 69 heavy (non-hydrogen) atoms. The number of hydrogen-bond acceptors (Lipinski definition) is 12. The fourth-order valence-electron chi connectivity index (χ4n) is 10.3. The Labute approximate surface area is 406 Å². The third-order valence-electron chi connectivity index (χ3n) is 14.7. The second-order valence-electron chi connectivity index (χ2n) is 22.3. The molecule has 8 rings (SSSR count). The SMILES string of the molecule is C=CCN1Cc2c(F)c3c(c(OCc4ccccc4)c2N(C(=O)OC(C)(C)C)CC1(C)C)C(O)=C1C(=O)[C@]2(O[Si](C)(C)C(C)(C)C)C(=O)c4c(OCc5ccccc5)noc4[C@@H](N(C)C)[C@@H]2C[C@@H]1C3. The number of ketones is 2. The first-order chi connectivity index (χ1) is 32.3. The summed E-state index contributed by atoms with van der Waals surface area (Å²) < 4.78 is 50.7. The van der Waals surface area contributed by atoms with E-state index in [1.807, 2.05) is 132 Å². The number of carbonyl (C=O) groups excluding carboxylic acids is 3. The van der Waals surface area contributed by atoms with Gasteiger partial charge in [-0.25, -0.2) is 9.18 Å². The lowest BCUT2D eigenvalue weighted by molar-refractivity contribution is -0.140. The zero-order chi connectivity index (χ0) is 50.2. The van der Waals surface area contributed by atoms with Crippen LogP contribution in [0.15, 0.2) is 83.4 Å². The first-order valence-electron chi connectivity index (χ1n) is 23.8. The van der Waals surface area contributed by atoms with E-state index in [1.165, 1.54) is 4.90 Å². The summed E-state index contributed by atoms with van der Waals surface area (Å²) in [7, 11) is 0.615. The van der Waals surface area contributed by atoms with E-state index in [0.717, 1.165) is 11.1 Å². The van der Waals surface area contributed by atoms with Crippen LogP contribution < -0.4 is 14.4 Å². The summed E-state index contributed by atoms with van der Waals surface area (Å²) in [6.07, 6.45) is 1.10. The van der Waals surface area contributed by atoms with Crippen LogP contribution >= 0.6 is 0 Å². The van der Waals surface area contributed by atoms with Crippen LogP contribution in [0, 0.1) is 17.7 Å². The minimum Gasteiger partial charge on any atom is -0.507 e. The van der Waals surface area contributed by atoms with Gasteiger partial charge in [-0.05, 0) is 102 Å². The fraction of sp³-hybridized carbons (Fsp3) is 0.481. The Balaban J connectivity index is 1.39. The van der Waals surface area contributed by atoms with E-state index in [-0.39, 0.29) is 90.0 Å². The highest BCUT2D eigenvalue weighted by Crippen LogP contribution is 2.60. The van der Waals surface area contributed by atoms with Crippen LogP contribution in [0.1, 0.15) is 112 Å². The zero-order valence-electron chi connectivity index (χ0n) is 42.1. The molecule has 368 valence electrons. The molecule has 13 nitrogen and oxygen atoms in total. The number of aliphatic hydroxyl groups is 1. The monoisotopic (exact) mass is 962 g/mol. The molecule has 1 N–H and O–H groups in total.